The van der Waals surface area contributed by atoms with Crippen molar-refractivity contribution >= 4 is 32.6 Å². The second-order valence-electron chi connectivity index (χ2n) is 20.9. The van der Waals surface area contributed by atoms with E-state index in [4.69, 9.17) is 2.74 Å². The first-order valence-corrected chi connectivity index (χ1v) is 25.0. The zero-order valence-electron chi connectivity index (χ0n) is 42.7. The lowest BCUT2D eigenvalue weighted by Gasteiger charge is -2.22. The van der Waals surface area contributed by atoms with Gasteiger partial charge in [-0.15, -0.1) is 0 Å². The molecule has 0 fully saturated rings. The average Bonchev–Trinajstić information content (AvgIpc) is 3.88. The van der Waals surface area contributed by atoms with Crippen LogP contribution in [0.3, 0.4) is 0 Å². The highest BCUT2D eigenvalue weighted by molar-refractivity contribution is 6.24. The summed E-state index contributed by atoms with van der Waals surface area (Å²) in [6.07, 6.45) is -0.261. The van der Waals surface area contributed by atoms with Crippen molar-refractivity contribution in [3.63, 3.8) is 0 Å². The zero-order chi connectivity index (χ0) is 50.0. The smallest absolute Gasteiger partial charge is 0.0971 e. The molecule has 14 rings (SSSR count). The molecule has 2 heteroatoms. The van der Waals surface area contributed by atoms with Crippen LogP contribution < -0.4 is 0 Å². The molecule has 2 nitrogen and oxygen atoms in total. The highest BCUT2D eigenvalue weighted by Crippen LogP contribution is 2.51. The van der Waals surface area contributed by atoms with Gasteiger partial charge in [-0.3, -0.25) is 9.97 Å². The predicted octanol–water partition coefficient (Wildman–Crippen LogP) is 18.6. The Bertz CT molecular complexity index is 4070. The van der Waals surface area contributed by atoms with Crippen LogP contribution in [0.25, 0.3) is 122 Å². The summed E-state index contributed by atoms with van der Waals surface area (Å²) in [5, 5.41) is 3.86. The van der Waals surface area contributed by atoms with E-state index in [1.165, 1.54) is 66.8 Å². The molecule has 0 saturated heterocycles. The molecule has 340 valence electrons. The summed E-state index contributed by atoms with van der Waals surface area (Å²) >= 11 is 0. The third kappa shape index (κ3) is 6.56. The van der Waals surface area contributed by atoms with Gasteiger partial charge in [0.1, 0.15) is 0 Å². The van der Waals surface area contributed by atoms with Gasteiger partial charge in [0.25, 0.3) is 0 Å². The fraction of sp³-hybridized carbons (Fsp3) is 0.0857. The summed E-state index contributed by atoms with van der Waals surface area (Å²) in [4.78, 5) is 9.37. The summed E-state index contributed by atoms with van der Waals surface area (Å²) in [5.74, 6) is 0. The normalized spacial score (nSPS) is 14.2. The molecule has 0 spiro atoms. The Kier molecular flexibility index (Phi) is 8.85. The van der Waals surface area contributed by atoms with E-state index in [2.05, 4.69) is 256 Å². The molecule has 0 radical (unpaired) electrons. The third-order valence-electron chi connectivity index (χ3n) is 16.1. The first-order valence-electron chi connectivity index (χ1n) is 26.0. The van der Waals surface area contributed by atoms with Gasteiger partial charge in [-0.05, 0) is 171 Å². The summed E-state index contributed by atoms with van der Waals surface area (Å²) in [7, 11) is 0. The molecule has 0 unspecified atom stereocenters. The molecule has 0 aliphatic heterocycles. The largest absolute Gasteiger partial charge is 0.252 e. The predicted molar refractivity (Wildman–Crippen MR) is 302 cm³/mol. The lowest BCUT2D eigenvalue weighted by atomic mass is 9.81. The number of hydrogen-bond acceptors (Lipinski definition) is 2. The number of aromatic nitrogens is 2. The van der Waals surface area contributed by atoms with Crippen LogP contribution in [0.2, 0.25) is 0 Å². The van der Waals surface area contributed by atoms with Crippen LogP contribution in [-0.2, 0) is 10.8 Å². The van der Waals surface area contributed by atoms with E-state index in [-0.39, 0.29) is 23.2 Å². The number of rotatable bonds is 6. The van der Waals surface area contributed by atoms with E-state index < -0.39 is 0 Å². The van der Waals surface area contributed by atoms with Gasteiger partial charge in [0.2, 0.25) is 0 Å². The van der Waals surface area contributed by atoms with Gasteiger partial charge in [-0.1, -0.05) is 198 Å². The Labute approximate surface area is 423 Å². The van der Waals surface area contributed by atoms with Crippen LogP contribution in [0.4, 0.5) is 0 Å². The summed E-state index contributed by atoms with van der Waals surface area (Å²) in [6.45, 7) is 9.34. The highest BCUT2D eigenvalue weighted by Gasteiger charge is 2.36. The lowest BCUT2D eigenvalue weighted by molar-refractivity contribution is 0.660. The van der Waals surface area contributed by atoms with Crippen LogP contribution in [0.1, 0.15) is 52.7 Å². The standard InChI is InChI=1S/C70H50N2/c1-69(2)63-23-7-5-21-55(63)57-29-25-53(41-65(57)69)49-19-11-15-45(37-49)43-13-9-17-47(35-43)51-27-31-59-61(39-51)62-40-52(28-32-60(62)68-67(59)71-33-34-72-68)48-18-10-14-44(36-48)46-16-12-20-50(38-46)54-26-30-58-56-22-6-8-24-64(56)70(3,4)66(58)42-54/h5-42H,1-4H3/i33D,34D. The molecule has 0 saturated carbocycles. The maximum Gasteiger partial charge on any atom is 0.0971 e. The van der Waals surface area contributed by atoms with Gasteiger partial charge in [-0.25, -0.2) is 0 Å². The Morgan fingerprint density at radius 3 is 0.917 bits per heavy atom. The molecular weight excluding hydrogens is 869 g/mol. The molecule has 0 bridgehead atoms. The summed E-state index contributed by atoms with van der Waals surface area (Å²) < 4.78 is 17.0. The van der Waals surface area contributed by atoms with Crippen LogP contribution in [0.5, 0.6) is 0 Å². The molecule has 0 amide bonds. The van der Waals surface area contributed by atoms with Crippen molar-refractivity contribution in [1.82, 2.24) is 9.97 Å². The number of nitrogens with zero attached hydrogens (tertiary/aromatic N) is 2. The third-order valence-corrected chi connectivity index (χ3v) is 16.1. The van der Waals surface area contributed by atoms with Crippen molar-refractivity contribution in [2.75, 3.05) is 0 Å². The minimum absolute atomic E-state index is 0.0666. The van der Waals surface area contributed by atoms with E-state index in [1.54, 1.807) is 0 Å². The fourth-order valence-electron chi connectivity index (χ4n) is 12.2. The van der Waals surface area contributed by atoms with Gasteiger partial charge in [0.05, 0.1) is 13.8 Å². The van der Waals surface area contributed by atoms with E-state index in [1.807, 2.05) is 0 Å². The summed E-state index contributed by atoms with van der Waals surface area (Å²) in [5.41, 5.74) is 25.8. The van der Waals surface area contributed by atoms with Crippen LogP contribution in [0, 0.1) is 0 Å². The van der Waals surface area contributed by atoms with Crippen molar-refractivity contribution in [3.8, 4) is 89.0 Å². The first kappa shape index (κ1) is 40.1. The van der Waals surface area contributed by atoms with Crippen molar-refractivity contribution in [2.24, 2.45) is 0 Å². The zero-order valence-corrected chi connectivity index (χ0v) is 40.7. The van der Waals surface area contributed by atoms with Crippen LogP contribution in [0.15, 0.2) is 231 Å². The van der Waals surface area contributed by atoms with E-state index >= 15 is 0 Å². The number of benzene rings is 11. The maximum atomic E-state index is 8.52. The van der Waals surface area contributed by atoms with E-state index in [0.717, 1.165) is 66.1 Å². The molecule has 11 aromatic carbocycles. The maximum absolute atomic E-state index is 8.52. The Balaban J connectivity index is 0.827. The monoisotopic (exact) mass is 920 g/mol. The second kappa shape index (κ2) is 15.9. The Hall–Kier alpha value is -8.72. The molecule has 1 aromatic heterocycles. The minimum Gasteiger partial charge on any atom is -0.252 e. The second-order valence-corrected chi connectivity index (χ2v) is 20.9. The van der Waals surface area contributed by atoms with Gasteiger partial charge >= 0.3 is 0 Å². The van der Waals surface area contributed by atoms with Gasteiger partial charge < -0.3 is 0 Å². The molecule has 72 heavy (non-hydrogen) atoms. The van der Waals surface area contributed by atoms with Crippen molar-refractivity contribution in [1.29, 1.82) is 0 Å². The molecular formula is C70H50N2. The average molecular weight is 921 g/mol. The van der Waals surface area contributed by atoms with Gasteiger partial charge in [-0.2, -0.15) is 0 Å². The van der Waals surface area contributed by atoms with Crippen molar-refractivity contribution in [3.05, 3.63) is 253 Å². The molecule has 1 heterocycles. The topological polar surface area (TPSA) is 25.8 Å². The Morgan fingerprint density at radius 2 is 0.556 bits per heavy atom. The number of hydrogen-bond donors (Lipinski definition) is 0. The molecule has 0 N–H and O–H groups in total. The minimum atomic E-state index is -0.131. The van der Waals surface area contributed by atoms with E-state index in [0.29, 0.717) is 11.0 Å². The van der Waals surface area contributed by atoms with Gasteiger partial charge in [0.15, 0.2) is 0 Å². The molecule has 0 atom stereocenters. The Morgan fingerprint density at radius 1 is 0.264 bits per heavy atom. The number of fused-ring (bicyclic) bond motifs is 12. The molecule has 2 aliphatic rings. The SMILES string of the molecule is [2H]c1nc2c3ccc(-c4cccc(-c5cccc(-c6ccc7c(c6)C(C)(C)c6ccccc6-7)c5)c4)cc3c3cc(-c4cccc(-c5cccc(-c6ccc7c(c6)C(C)(C)c6ccccc6-7)c5)c4)ccc3c2nc1[2H]. The fourth-order valence-corrected chi connectivity index (χ4v) is 12.2. The van der Waals surface area contributed by atoms with Crippen LogP contribution in [-0.4, -0.2) is 9.97 Å². The molecule has 2 aliphatic carbocycles. The quantitative estimate of drug-likeness (QED) is 0.155. The summed E-state index contributed by atoms with van der Waals surface area (Å²) in [6, 6.07) is 80.0. The van der Waals surface area contributed by atoms with E-state index in [9.17, 15) is 0 Å². The van der Waals surface area contributed by atoms with Gasteiger partial charge in [0, 0.05) is 33.9 Å². The lowest BCUT2D eigenvalue weighted by Crippen LogP contribution is -2.14. The molecule has 12 aromatic rings. The van der Waals surface area contributed by atoms with Crippen molar-refractivity contribution in [2.45, 2.75) is 38.5 Å². The highest BCUT2D eigenvalue weighted by atomic mass is 14.8. The van der Waals surface area contributed by atoms with Crippen molar-refractivity contribution < 1.29 is 2.74 Å². The van der Waals surface area contributed by atoms with Crippen LogP contribution >= 0.6 is 0 Å². The first-order chi connectivity index (χ1) is 36.0.